The van der Waals surface area contributed by atoms with Gasteiger partial charge in [0.05, 0.1) is 5.52 Å². The molecular formula is C7H4BF4N2O-. The number of aromatic nitrogens is 2. The number of hydrogen-bond acceptors (Lipinski definition) is 1. The van der Waals surface area contributed by atoms with Gasteiger partial charge in [-0.3, -0.25) is 0 Å². The Morgan fingerprint density at radius 3 is 2.40 bits per heavy atom. The molecule has 3 nitrogen and oxygen atoms in total. The van der Waals surface area contributed by atoms with Gasteiger partial charge in [0.1, 0.15) is 5.82 Å². The lowest BCUT2D eigenvalue weighted by atomic mass is 9.79. The molecule has 1 aromatic heterocycles. The van der Waals surface area contributed by atoms with E-state index in [1.807, 2.05) is 4.98 Å². The fraction of sp³-hybridized carbons (Fsp3) is 0. The molecule has 1 aromatic carbocycles. The first kappa shape index (κ1) is 9.82. The monoisotopic (exact) mass is 219 g/mol. The smallest absolute Gasteiger partial charge is 0.445 e. The Morgan fingerprint density at radius 1 is 1.13 bits per heavy atom. The van der Waals surface area contributed by atoms with Crippen LogP contribution in [0.2, 0.25) is 0 Å². The number of fused-ring (bicyclic) bond motifs is 1. The van der Waals surface area contributed by atoms with Gasteiger partial charge in [0.15, 0.2) is 0 Å². The van der Waals surface area contributed by atoms with Crippen LogP contribution in [0.15, 0.2) is 16.9 Å². The van der Waals surface area contributed by atoms with Gasteiger partial charge >= 0.3 is 12.7 Å². The standard InChI is InChI=1S/C7H4BF4N2O/c9-3-1-4(8(10,11)12)6-5(2-3)13-7(15)14-6/h1-2H,(H2,13,14,15)/q-1. The van der Waals surface area contributed by atoms with Crippen LogP contribution in [0.3, 0.4) is 0 Å². The predicted octanol–water partition coefficient (Wildman–Crippen LogP) is 1.05. The average molecular weight is 219 g/mol. The maximum Gasteiger partial charge on any atom is 0.511 e. The zero-order valence-corrected chi connectivity index (χ0v) is 7.15. The third kappa shape index (κ3) is 1.62. The number of benzene rings is 1. The molecule has 0 spiro atoms. The van der Waals surface area contributed by atoms with Crippen molar-refractivity contribution in [3.8, 4) is 0 Å². The Morgan fingerprint density at radius 2 is 1.80 bits per heavy atom. The summed E-state index contributed by atoms with van der Waals surface area (Å²) in [7, 11) is 0. The summed E-state index contributed by atoms with van der Waals surface area (Å²) in [5.41, 5.74) is -2.52. The second-order valence-corrected chi connectivity index (χ2v) is 3.07. The van der Waals surface area contributed by atoms with Crippen molar-refractivity contribution in [1.29, 1.82) is 0 Å². The highest BCUT2D eigenvalue weighted by molar-refractivity contribution is 6.75. The molecule has 2 N–H and O–H groups in total. The van der Waals surface area contributed by atoms with Crippen molar-refractivity contribution in [1.82, 2.24) is 9.97 Å². The normalized spacial score (nSPS) is 12.3. The summed E-state index contributed by atoms with van der Waals surface area (Å²) in [5, 5.41) is 0. The van der Waals surface area contributed by atoms with E-state index in [1.54, 1.807) is 0 Å². The van der Waals surface area contributed by atoms with Gasteiger partial charge < -0.3 is 22.9 Å². The highest BCUT2D eigenvalue weighted by Gasteiger charge is 2.29. The second-order valence-electron chi connectivity index (χ2n) is 3.07. The Balaban J connectivity index is 2.88. The summed E-state index contributed by atoms with van der Waals surface area (Å²) in [4.78, 5) is 14.8. The third-order valence-corrected chi connectivity index (χ3v) is 1.97. The predicted molar refractivity (Wildman–Crippen MR) is 47.6 cm³/mol. The molecule has 0 aliphatic rings. The number of aromatic amines is 2. The van der Waals surface area contributed by atoms with Crippen molar-refractivity contribution in [3.63, 3.8) is 0 Å². The number of halogens is 4. The van der Waals surface area contributed by atoms with Gasteiger partial charge in [-0.1, -0.05) is 11.5 Å². The Bertz CT molecular complexity index is 570. The molecule has 0 saturated carbocycles. The molecule has 2 aromatic rings. The van der Waals surface area contributed by atoms with Crippen LogP contribution < -0.4 is 11.2 Å². The molecule has 0 saturated heterocycles. The zero-order chi connectivity index (χ0) is 11.2. The first-order chi connectivity index (χ1) is 6.88. The molecular weight excluding hydrogens is 215 g/mol. The summed E-state index contributed by atoms with van der Waals surface area (Å²) in [6.45, 7) is -5.35. The van der Waals surface area contributed by atoms with Crippen molar-refractivity contribution >= 4 is 23.5 Å². The summed E-state index contributed by atoms with van der Waals surface area (Å²) < 4.78 is 50.2. The topological polar surface area (TPSA) is 48.6 Å². The highest BCUT2D eigenvalue weighted by Crippen LogP contribution is 2.16. The van der Waals surface area contributed by atoms with Crippen LogP contribution in [0.25, 0.3) is 11.0 Å². The van der Waals surface area contributed by atoms with Crippen molar-refractivity contribution < 1.29 is 17.3 Å². The van der Waals surface area contributed by atoms with Gasteiger partial charge in [-0.2, -0.15) is 0 Å². The first-order valence-electron chi connectivity index (χ1n) is 3.99. The molecule has 0 aliphatic heterocycles. The lowest BCUT2D eigenvalue weighted by Crippen LogP contribution is -2.35. The Hall–Kier alpha value is -1.73. The molecule has 0 amide bonds. The summed E-state index contributed by atoms with van der Waals surface area (Å²) >= 11 is 0. The van der Waals surface area contributed by atoms with Crippen LogP contribution in [-0.2, 0) is 0 Å². The van der Waals surface area contributed by atoms with Crippen molar-refractivity contribution in [2.24, 2.45) is 0 Å². The van der Waals surface area contributed by atoms with Crippen molar-refractivity contribution in [2.75, 3.05) is 0 Å². The van der Waals surface area contributed by atoms with Gasteiger partial charge in [0.25, 0.3) is 0 Å². The van der Waals surface area contributed by atoms with E-state index >= 15 is 0 Å². The molecule has 0 fully saturated rings. The molecule has 0 atom stereocenters. The number of rotatable bonds is 1. The van der Waals surface area contributed by atoms with E-state index in [0.29, 0.717) is 6.07 Å². The summed E-state index contributed by atoms with van der Waals surface area (Å²) in [6.07, 6.45) is 0. The molecule has 15 heavy (non-hydrogen) atoms. The molecule has 0 unspecified atom stereocenters. The van der Waals surface area contributed by atoms with Crippen LogP contribution in [0, 0.1) is 5.82 Å². The second kappa shape index (κ2) is 2.88. The third-order valence-electron chi connectivity index (χ3n) is 1.97. The van der Waals surface area contributed by atoms with Gasteiger partial charge in [-0.25, -0.2) is 9.18 Å². The van der Waals surface area contributed by atoms with E-state index in [4.69, 9.17) is 0 Å². The Kier molecular flexibility index (Phi) is 1.88. The van der Waals surface area contributed by atoms with E-state index in [9.17, 15) is 22.1 Å². The molecule has 0 radical (unpaired) electrons. The van der Waals surface area contributed by atoms with Crippen LogP contribution in [0.1, 0.15) is 0 Å². The van der Waals surface area contributed by atoms with E-state index in [2.05, 4.69) is 4.98 Å². The molecule has 80 valence electrons. The maximum absolute atomic E-state index is 12.8. The maximum atomic E-state index is 12.8. The Labute approximate surface area is 80.2 Å². The van der Waals surface area contributed by atoms with Gasteiger partial charge in [0.2, 0.25) is 0 Å². The fourth-order valence-corrected chi connectivity index (χ4v) is 1.39. The van der Waals surface area contributed by atoms with Crippen LogP contribution in [-0.4, -0.2) is 16.9 Å². The van der Waals surface area contributed by atoms with E-state index in [1.165, 1.54) is 0 Å². The van der Waals surface area contributed by atoms with E-state index < -0.39 is 29.5 Å². The molecule has 0 aliphatic carbocycles. The average Bonchev–Trinajstić information content (AvgIpc) is 2.41. The molecule has 8 heteroatoms. The minimum absolute atomic E-state index is 0.186. The minimum atomic E-state index is -5.35. The molecule has 0 bridgehead atoms. The number of H-pyrrole nitrogens is 2. The van der Waals surface area contributed by atoms with Crippen LogP contribution in [0.4, 0.5) is 17.3 Å². The number of imidazole rings is 1. The molecule has 2 rings (SSSR count). The first-order valence-corrected chi connectivity index (χ1v) is 3.99. The summed E-state index contributed by atoms with van der Waals surface area (Å²) in [6, 6.07) is 1.20. The minimum Gasteiger partial charge on any atom is -0.445 e. The van der Waals surface area contributed by atoms with Crippen LogP contribution in [0.5, 0.6) is 0 Å². The fourth-order valence-electron chi connectivity index (χ4n) is 1.39. The quantitative estimate of drug-likeness (QED) is 0.546. The SMILES string of the molecule is O=c1[nH]c2cc(F)cc([B-](F)(F)F)c2[nH]1. The van der Waals surface area contributed by atoms with Crippen molar-refractivity contribution in [3.05, 3.63) is 28.4 Å². The zero-order valence-electron chi connectivity index (χ0n) is 7.15. The highest BCUT2D eigenvalue weighted by atomic mass is 19.4. The number of nitrogens with one attached hydrogen (secondary N) is 2. The van der Waals surface area contributed by atoms with E-state index in [0.717, 1.165) is 6.07 Å². The molecule has 1 heterocycles. The summed E-state index contributed by atoms with van der Waals surface area (Å²) in [5.74, 6) is -1.04. The van der Waals surface area contributed by atoms with E-state index in [-0.39, 0.29) is 5.52 Å². The van der Waals surface area contributed by atoms with Crippen LogP contribution >= 0.6 is 0 Å². The number of hydrogen-bond donors (Lipinski definition) is 2. The van der Waals surface area contributed by atoms with Gasteiger partial charge in [0, 0.05) is 5.52 Å². The van der Waals surface area contributed by atoms with Crippen molar-refractivity contribution in [2.45, 2.75) is 0 Å². The van der Waals surface area contributed by atoms with Gasteiger partial charge in [-0.15, -0.1) is 0 Å². The van der Waals surface area contributed by atoms with Gasteiger partial charge in [-0.05, 0) is 6.07 Å². The lowest BCUT2D eigenvalue weighted by molar-refractivity contribution is 0.500. The largest absolute Gasteiger partial charge is 0.511 e. The lowest BCUT2D eigenvalue weighted by Gasteiger charge is -2.15.